The van der Waals surface area contributed by atoms with Crippen LogP contribution in [0.3, 0.4) is 0 Å². The van der Waals surface area contributed by atoms with Gasteiger partial charge >= 0.3 is 12.4 Å². The highest BCUT2D eigenvalue weighted by Crippen LogP contribution is 2.06. The maximum atomic E-state index is 9.75. The first-order chi connectivity index (χ1) is 5.72. The second kappa shape index (κ2) is 7.05. The Morgan fingerprint density at radius 2 is 1.54 bits per heavy atom. The van der Waals surface area contributed by atoms with E-state index in [-0.39, 0.29) is 0 Å². The Morgan fingerprint density at radius 3 is 1.54 bits per heavy atom. The molecule has 13 heavy (non-hydrogen) atoms. The van der Waals surface area contributed by atoms with Crippen LogP contribution in [-0.2, 0) is 0 Å². The first kappa shape index (κ1) is 15.1. The summed E-state index contributed by atoms with van der Waals surface area (Å²) in [6.45, 7) is 0. The maximum Gasteiger partial charge on any atom is 0.673 e. The van der Waals surface area contributed by atoms with E-state index in [4.69, 9.17) is 0 Å². The lowest BCUT2D eigenvalue weighted by Gasteiger charge is -1.95. The molecule has 0 aromatic rings. The highest BCUT2D eigenvalue weighted by molar-refractivity contribution is 8.13. The van der Waals surface area contributed by atoms with Crippen LogP contribution in [0.15, 0.2) is 0 Å². The molecule has 0 aliphatic carbocycles. The Hall–Kier alpha value is -0.395. The number of hydrogen-bond acceptors (Lipinski definition) is 1. The van der Waals surface area contributed by atoms with Crippen molar-refractivity contribution < 1.29 is 21.8 Å². The lowest BCUT2D eigenvalue weighted by molar-refractivity contribution is -0.463. The Bertz CT molecular complexity index is 154. The van der Waals surface area contributed by atoms with Crippen molar-refractivity contribution in [1.82, 2.24) is 5.32 Å². The van der Waals surface area contributed by atoms with E-state index < -0.39 is 7.25 Å². The van der Waals surface area contributed by atoms with E-state index in [1.54, 1.807) is 11.8 Å². The molecule has 0 aliphatic rings. The van der Waals surface area contributed by atoms with Gasteiger partial charge in [-0.25, -0.2) is 0 Å². The molecule has 0 aliphatic heterocycles. The number of rotatable bonds is 0. The minimum Gasteiger partial charge on any atom is -0.418 e. The highest BCUT2D eigenvalue weighted by atomic mass is 32.2. The molecule has 8 heteroatoms. The van der Waals surface area contributed by atoms with Crippen LogP contribution in [-0.4, -0.2) is 44.4 Å². The van der Waals surface area contributed by atoms with Crippen LogP contribution in [0.5, 0.6) is 0 Å². The molecule has 0 amide bonds. The summed E-state index contributed by atoms with van der Waals surface area (Å²) in [5.74, 6) is 0. The normalized spacial score (nSPS) is 9.85. The van der Waals surface area contributed by atoms with E-state index in [0.717, 1.165) is 0 Å². The van der Waals surface area contributed by atoms with Gasteiger partial charge in [0.25, 0.3) is 0 Å². The van der Waals surface area contributed by atoms with Gasteiger partial charge in [-0.05, 0) is 18.0 Å². The van der Waals surface area contributed by atoms with Crippen LogP contribution in [0.4, 0.5) is 17.3 Å². The predicted octanol–water partition coefficient (Wildman–Crippen LogP) is 1.50. The molecule has 0 fully saturated rings. The number of nitrogens with one attached hydrogen (secondary N) is 1. The fraction of sp³-hybridized carbons (Fsp3) is 0.800. The molecule has 0 bridgehead atoms. The van der Waals surface area contributed by atoms with Gasteiger partial charge in [0.2, 0.25) is 0 Å². The van der Waals surface area contributed by atoms with E-state index in [2.05, 4.69) is 5.32 Å². The van der Waals surface area contributed by atoms with Crippen molar-refractivity contribution in [3.63, 3.8) is 0 Å². The second-order valence-corrected chi connectivity index (χ2v) is 2.94. The molecule has 0 radical (unpaired) electrons. The van der Waals surface area contributed by atoms with E-state index in [1.807, 2.05) is 32.0 Å². The zero-order chi connectivity index (χ0) is 11.1. The standard InChI is InChI=1S/C5H12N2S.BF4/c1-6-5(8-4)7(2)3;2-1(3,4)5/h1-4H3;/q;-1/p+1. The van der Waals surface area contributed by atoms with Gasteiger partial charge in [-0.15, -0.1) is 0 Å². The third-order valence-corrected chi connectivity index (χ3v) is 1.77. The first-order valence-electron chi connectivity index (χ1n) is 3.35. The van der Waals surface area contributed by atoms with Crippen molar-refractivity contribution in [3.05, 3.63) is 0 Å². The molecule has 2 nitrogen and oxygen atoms in total. The van der Waals surface area contributed by atoms with Gasteiger partial charge in [-0.2, -0.15) is 0 Å². The van der Waals surface area contributed by atoms with Crippen molar-refractivity contribution in [2.24, 2.45) is 0 Å². The van der Waals surface area contributed by atoms with E-state index in [0.29, 0.717) is 0 Å². The van der Waals surface area contributed by atoms with Gasteiger partial charge in [-0.3, -0.25) is 9.89 Å². The van der Waals surface area contributed by atoms with Gasteiger partial charge in [0.15, 0.2) is 0 Å². The molecule has 0 aromatic carbocycles. The highest BCUT2D eigenvalue weighted by Gasteiger charge is 2.20. The first-order valence-corrected chi connectivity index (χ1v) is 4.58. The molecule has 0 spiro atoms. The molecule has 0 saturated carbocycles. The van der Waals surface area contributed by atoms with Crippen LogP contribution in [0, 0.1) is 0 Å². The molecule has 0 aromatic heterocycles. The lowest BCUT2D eigenvalue weighted by atomic mass is 10.3. The van der Waals surface area contributed by atoms with Gasteiger partial charge in [0.1, 0.15) is 0 Å². The van der Waals surface area contributed by atoms with Crippen molar-refractivity contribution in [2.45, 2.75) is 0 Å². The predicted molar refractivity (Wildman–Crippen MR) is 49.9 cm³/mol. The number of halogens is 4. The molecule has 0 saturated heterocycles. The van der Waals surface area contributed by atoms with E-state index in [9.17, 15) is 17.3 Å². The van der Waals surface area contributed by atoms with Crippen LogP contribution < -0.4 is 5.32 Å². The summed E-state index contributed by atoms with van der Waals surface area (Å²) in [6, 6.07) is 0. The molecule has 80 valence electrons. The van der Waals surface area contributed by atoms with Crippen molar-refractivity contribution in [3.8, 4) is 0 Å². The maximum absolute atomic E-state index is 9.75. The summed E-state index contributed by atoms with van der Waals surface area (Å²) >= 11 is 1.71. The minimum atomic E-state index is -6.00. The van der Waals surface area contributed by atoms with Crippen molar-refractivity contribution in [2.75, 3.05) is 27.4 Å². The summed E-state index contributed by atoms with van der Waals surface area (Å²) in [4.78, 5) is 0. The Kier molecular flexibility index (Phi) is 8.19. The SMILES string of the molecule is CNC(SC)=[N+](C)C.F[B-](F)(F)F. The third kappa shape index (κ3) is 18.5. The van der Waals surface area contributed by atoms with Crippen LogP contribution in [0.25, 0.3) is 0 Å². The number of amidine groups is 1. The summed E-state index contributed by atoms with van der Waals surface area (Å²) in [6.07, 6.45) is 2.05. The van der Waals surface area contributed by atoms with Gasteiger partial charge in [-0.1, -0.05) is 0 Å². The Labute approximate surface area is 79.5 Å². The van der Waals surface area contributed by atoms with Crippen molar-refractivity contribution in [1.29, 1.82) is 0 Å². The molecule has 0 unspecified atom stereocenters. The minimum absolute atomic E-state index is 1.19. The summed E-state index contributed by atoms with van der Waals surface area (Å²) in [7, 11) is -0.0451. The fourth-order valence-electron chi connectivity index (χ4n) is 0.508. The topological polar surface area (TPSA) is 15.0 Å². The summed E-state index contributed by atoms with van der Waals surface area (Å²) in [5.41, 5.74) is 0. The van der Waals surface area contributed by atoms with Gasteiger partial charge in [0, 0.05) is 0 Å². The van der Waals surface area contributed by atoms with Crippen LogP contribution >= 0.6 is 11.8 Å². The summed E-state index contributed by atoms with van der Waals surface area (Å²) < 4.78 is 41.0. The molecule has 0 atom stereocenters. The largest absolute Gasteiger partial charge is 0.673 e. The average Bonchev–Trinajstić information content (AvgIpc) is 1.85. The van der Waals surface area contributed by atoms with Crippen molar-refractivity contribution >= 4 is 24.2 Å². The molecule has 0 heterocycles. The fourth-order valence-corrected chi connectivity index (χ4v) is 1.08. The Balaban J connectivity index is 0. The molecule has 1 N–H and O–H groups in total. The number of thioether (sulfide) groups is 1. The number of hydrogen-bond donors (Lipinski definition) is 1. The quantitative estimate of drug-likeness (QED) is 0.219. The Morgan fingerprint density at radius 1 is 1.23 bits per heavy atom. The number of nitrogens with zero attached hydrogens (tertiary/aromatic N) is 1. The monoisotopic (exact) mass is 220 g/mol. The summed E-state index contributed by atoms with van der Waals surface area (Å²) in [5, 5.41) is 4.24. The smallest absolute Gasteiger partial charge is 0.418 e. The zero-order valence-corrected chi connectivity index (χ0v) is 8.76. The van der Waals surface area contributed by atoms with E-state index >= 15 is 0 Å². The lowest BCUT2D eigenvalue weighted by Crippen LogP contribution is -2.23. The molecular weight excluding hydrogens is 207 g/mol. The molecule has 0 rings (SSSR count). The van der Waals surface area contributed by atoms with Crippen LogP contribution in [0.1, 0.15) is 0 Å². The third-order valence-electron chi connectivity index (χ3n) is 0.813. The zero-order valence-electron chi connectivity index (χ0n) is 7.94. The van der Waals surface area contributed by atoms with E-state index in [1.165, 1.54) is 5.17 Å². The second-order valence-electron chi connectivity index (χ2n) is 2.15. The molecular formula is C5H13BF4N2S. The average molecular weight is 220 g/mol. The van der Waals surface area contributed by atoms with Gasteiger partial charge < -0.3 is 17.3 Å². The van der Waals surface area contributed by atoms with Gasteiger partial charge in [0.05, 0.1) is 21.1 Å². The van der Waals surface area contributed by atoms with Crippen LogP contribution in [0.2, 0.25) is 0 Å².